The summed E-state index contributed by atoms with van der Waals surface area (Å²) in [5.41, 5.74) is 4.77. The van der Waals surface area contributed by atoms with E-state index in [4.69, 9.17) is 13.9 Å². The number of hydrogen-bond donors (Lipinski definition) is 0. The lowest BCUT2D eigenvalue weighted by molar-refractivity contribution is 0.299. The molecule has 0 N–H and O–H groups in total. The second kappa shape index (κ2) is 8.46. The van der Waals surface area contributed by atoms with Gasteiger partial charge >= 0.3 is 5.63 Å². The van der Waals surface area contributed by atoms with Gasteiger partial charge in [-0.3, -0.25) is 0 Å². The van der Waals surface area contributed by atoms with Crippen molar-refractivity contribution < 1.29 is 13.9 Å². The number of methoxy groups -OCH3 is 1. The molecule has 0 amide bonds. The van der Waals surface area contributed by atoms with Gasteiger partial charge in [0.25, 0.3) is 0 Å². The molecular weight excluding hydrogens is 376 g/mol. The second-order valence-electron chi connectivity index (χ2n) is 7.39. The van der Waals surface area contributed by atoms with E-state index in [2.05, 4.69) is 0 Å². The molecule has 0 radical (unpaired) electrons. The van der Waals surface area contributed by atoms with Crippen molar-refractivity contribution in [1.29, 1.82) is 0 Å². The largest absolute Gasteiger partial charge is 0.496 e. The number of ether oxygens (including phenoxy) is 2. The van der Waals surface area contributed by atoms with Crippen LogP contribution in [0.15, 0.2) is 75.9 Å². The molecule has 0 atom stereocenters. The number of aryl methyl sites for hydroxylation is 2. The van der Waals surface area contributed by atoms with Crippen molar-refractivity contribution in [2.24, 2.45) is 0 Å². The maximum absolute atomic E-state index is 12.7. The Morgan fingerprint density at radius 1 is 0.900 bits per heavy atom. The quantitative estimate of drug-likeness (QED) is 0.396. The summed E-state index contributed by atoms with van der Waals surface area (Å²) in [6, 6.07) is 21.6. The Labute approximate surface area is 175 Å². The molecule has 0 saturated heterocycles. The van der Waals surface area contributed by atoms with Gasteiger partial charge in [0.2, 0.25) is 0 Å². The van der Waals surface area contributed by atoms with Gasteiger partial charge in [0.15, 0.2) is 0 Å². The number of hydrogen-bond acceptors (Lipinski definition) is 4. The molecular formula is C26H24O4. The van der Waals surface area contributed by atoms with Gasteiger partial charge in [0.05, 0.1) is 12.5 Å². The molecule has 3 aromatic carbocycles. The van der Waals surface area contributed by atoms with Gasteiger partial charge in [-0.1, -0.05) is 48.5 Å². The fourth-order valence-electron chi connectivity index (χ4n) is 3.73. The van der Waals surface area contributed by atoms with Crippen LogP contribution in [-0.4, -0.2) is 7.11 Å². The van der Waals surface area contributed by atoms with Crippen LogP contribution in [0.2, 0.25) is 0 Å². The summed E-state index contributed by atoms with van der Waals surface area (Å²) in [5.74, 6) is 1.48. The van der Waals surface area contributed by atoms with Gasteiger partial charge in [-0.25, -0.2) is 4.79 Å². The predicted octanol–water partition coefficient (Wildman–Crippen LogP) is 5.59. The van der Waals surface area contributed by atoms with E-state index in [0.717, 1.165) is 33.4 Å². The smallest absolute Gasteiger partial charge is 0.340 e. The first kappa shape index (κ1) is 19.8. The first-order chi connectivity index (χ1) is 14.6. The second-order valence-corrected chi connectivity index (χ2v) is 7.39. The molecule has 4 aromatic rings. The zero-order chi connectivity index (χ0) is 21.1. The molecule has 0 aliphatic rings. The van der Waals surface area contributed by atoms with E-state index >= 15 is 0 Å². The van der Waals surface area contributed by atoms with Crippen LogP contribution in [0.1, 0.15) is 27.8 Å². The van der Waals surface area contributed by atoms with E-state index in [1.54, 1.807) is 7.11 Å². The summed E-state index contributed by atoms with van der Waals surface area (Å²) in [4.78, 5) is 12.7. The molecule has 0 bridgehead atoms. The average molecular weight is 400 g/mol. The number of rotatable bonds is 6. The van der Waals surface area contributed by atoms with Crippen LogP contribution in [0.3, 0.4) is 0 Å². The van der Waals surface area contributed by atoms with E-state index < -0.39 is 0 Å². The van der Waals surface area contributed by atoms with Crippen LogP contribution in [-0.2, 0) is 13.0 Å². The SMILES string of the molecule is COc1ccccc1COc1cc(C)cc2oc(=O)c(Cc3ccccc3)c(C)c12. The molecule has 30 heavy (non-hydrogen) atoms. The topological polar surface area (TPSA) is 48.7 Å². The maximum Gasteiger partial charge on any atom is 0.340 e. The van der Waals surface area contributed by atoms with E-state index in [1.807, 2.05) is 80.6 Å². The van der Waals surface area contributed by atoms with Crippen molar-refractivity contribution in [3.8, 4) is 11.5 Å². The van der Waals surface area contributed by atoms with Crippen LogP contribution < -0.4 is 15.1 Å². The molecule has 4 nitrogen and oxygen atoms in total. The third kappa shape index (κ3) is 3.94. The summed E-state index contributed by atoms with van der Waals surface area (Å²) in [5, 5.41) is 0.834. The van der Waals surface area contributed by atoms with Crippen molar-refractivity contribution in [2.45, 2.75) is 26.9 Å². The number of para-hydroxylation sites is 1. The monoisotopic (exact) mass is 400 g/mol. The minimum absolute atomic E-state index is 0.301. The normalized spacial score (nSPS) is 10.9. The summed E-state index contributed by atoms with van der Waals surface area (Å²) in [7, 11) is 1.65. The third-order valence-electron chi connectivity index (χ3n) is 5.29. The highest BCUT2D eigenvalue weighted by Crippen LogP contribution is 2.32. The molecule has 0 spiro atoms. The number of fused-ring (bicyclic) bond motifs is 1. The molecule has 0 fully saturated rings. The Hall–Kier alpha value is -3.53. The lowest BCUT2D eigenvalue weighted by Gasteiger charge is -2.15. The summed E-state index contributed by atoms with van der Waals surface area (Å²) >= 11 is 0. The van der Waals surface area contributed by atoms with Crippen LogP contribution in [0, 0.1) is 13.8 Å². The van der Waals surface area contributed by atoms with Crippen molar-refractivity contribution >= 4 is 11.0 Å². The third-order valence-corrected chi connectivity index (χ3v) is 5.29. The summed E-state index contributed by atoms with van der Waals surface area (Å²) in [6.45, 7) is 4.28. The molecule has 4 rings (SSSR count). The Bertz CT molecular complexity index is 1240. The fraction of sp³-hybridized carbons (Fsp3) is 0.192. The van der Waals surface area contributed by atoms with Gasteiger partial charge < -0.3 is 13.9 Å². The molecule has 1 heterocycles. The van der Waals surface area contributed by atoms with E-state index in [1.165, 1.54) is 0 Å². The minimum atomic E-state index is -0.301. The fourth-order valence-corrected chi connectivity index (χ4v) is 3.73. The van der Waals surface area contributed by atoms with Gasteiger partial charge in [-0.2, -0.15) is 0 Å². The highest BCUT2D eigenvalue weighted by molar-refractivity contribution is 5.88. The maximum atomic E-state index is 12.7. The van der Waals surface area contributed by atoms with Crippen LogP contribution >= 0.6 is 0 Å². The van der Waals surface area contributed by atoms with E-state index in [9.17, 15) is 4.79 Å². The van der Waals surface area contributed by atoms with Crippen molar-refractivity contribution in [3.63, 3.8) is 0 Å². The molecule has 0 aliphatic heterocycles. The molecule has 1 aromatic heterocycles. The minimum Gasteiger partial charge on any atom is -0.496 e. The Morgan fingerprint density at radius 2 is 1.63 bits per heavy atom. The Kier molecular flexibility index (Phi) is 5.57. The molecule has 152 valence electrons. The summed E-state index contributed by atoms with van der Waals surface area (Å²) in [6.07, 6.45) is 0.519. The standard InChI is InChI=1S/C26H24O4/c1-17-13-23(29-16-20-11-7-8-12-22(20)28-3)25-18(2)21(26(27)30-24(25)14-17)15-19-9-5-4-6-10-19/h4-14H,15-16H2,1-3H3. The van der Waals surface area contributed by atoms with E-state index in [-0.39, 0.29) is 5.63 Å². The molecule has 0 aliphatic carbocycles. The number of benzene rings is 3. The van der Waals surface area contributed by atoms with Gasteiger partial charge in [0.1, 0.15) is 23.7 Å². The van der Waals surface area contributed by atoms with Gasteiger partial charge in [0, 0.05) is 17.5 Å². The lowest BCUT2D eigenvalue weighted by atomic mass is 9.98. The van der Waals surface area contributed by atoms with Crippen molar-refractivity contribution in [3.05, 3.63) is 105 Å². The Balaban J connectivity index is 1.77. The zero-order valence-corrected chi connectivity index (χ0v) is 17.4. The van der Waals surface area contributed by atoms with Crippen LogP contribution in [0.25, 0.3) is 11.0 Å². The van der Waals surface area contributed by atoms with Crippen molar-refractivity contribution in [2.75, 3.05) is 7.11 Å². The van der Waals surface area contributed by atoms with Crippen LogP contribution in [0.4, 0.5) is 0 Å². The highest BCUT2D eigenvalue weighted by atomic mass is 16.5. The lowest BCUT2D eigenvalue weighted by Crippen LogP contribution is -2.11. The predicted molar refractivity (Wildman–Crippen MR) is 119 cm³/mol. The van der Waals surface area contributed by atoms with Crippen molar-refractivity contribution in [1.82, 2.24) is 0 Å². The van der Waals surface area contributed by atoms with Gasteiger partial charge in [-0.15, -0.1) is 0 Å². The van der Waals surface area contributed by atoms with Gasteiger partial charge in [-0.05, 0) is 48.7 Å². The highest BCUT2D eigenvalue weighted by Gasteiger charge is 2.17. The van der Waals surface area contributed by atoms with Crippen LogP contribution in [0.5, 0.6) is 11.5 Å². The first-order valence-electron chi connectivity index (χ1n) is 9.92. The molecule has 0 unspecified atom stereocenters. The summed E-state index contributed by atoms with van der Waals surface area (Å²) < 4.78 is 17.3. The first-order valence-corrected chi connectivity index (χ1v) is 9.92. The average Bonchev–Trinajstić information content (AvgIpc) is 2.75. The Morgan fingerprint density at radius 3 is 2.40 bits per heavy atom. The van der Waals surface area contributed by atoms with E-state index in [0.29, 0.717) is 29.9 Å². The molecule has 4 heteroatoms. The zero-order valence-electron chi connectivity index (χ0n) is 17.4. The molecule has 0 saturated carbocycles.